The van der Waals surface area contributed by atoms with Crippen molar-refractivity contribution in [3.63, 3.8) is 0 Å². The Morgan fingerprint density at radius 1 is 1.12 bits per heavy atom. The van der Waals surface area contributed by atoms with Crippen molar-refractivity contribution in [3.8, 4) is 5.75 Å². The van der Waals surface area contributed by atoms with E-state index < -0.39 is 0 Å². The van der Waals surface area contributed by atoms with E-state index in [2.05, 4.69) is 21.7 Å². The molecule has 1 heterocycles. The summed E-state index contributed by atoms with van der Waals surface area (Å²) in [4.78, 5) is 12.7. The Labute approximate surface area is 145 Å². The molecule has 2 aromatic rings. The molecule has 0 atom stereocenters. The van der Waals surface area contributed by atoms with Crippen LogP contribution in [0.25, 0.3) is 0 Å². The number of carbonyl (C=O) groups is 1. The predicted octanol–water partition coefficient (Wildman–Crippen LogP) is 3.07. The number of amides is 1. The highest BCUT2D eigenvalue weighted by Gasteiger charge is 2.31. The van der Waals surface area contributed by atoms with Crippen molar-refractivity contribution in [1.82, 2.24) is 0 Å². The van der Waals surface area contributed by atoms with Gasteiger partial charge in [0, 0.05) is 0 Å². The fraction of sp³-hybridized carbons (Fsp3) is 0.211. The van der Waals surface area contributed by atoms with Crippen molar-refractivity contribution in [2.24, 2.45) is 10.2 Å². The summed E-state index contributed by atoms with van der Waals surface area (Å²) in [5.41, 5.74) is 7.81. The zero-order valence-corrected chi connectivity index (χ0v) is 13.9. The van der Waals surface area contributed by atoms with Crippen molar-refractivity contribution >= 4 is 28.7 Å². The highest BCUT2D eigenvalue weighted by Crippen LogP contribution is 2.28. The monoisotopic (exact) mass is 334 g/mol. The van der Waals surface area contributed by atoms with Gasteiger partial charge >= 0.3 is 5.91 Å². The van der Waals surface area contributed by atoms with E-state index >= 15 is 0 Å². The number of nitrogens with one attached hydrogen (secondary N) is 1. The van der Waals surface area contributed by atoms with Gasteiger partial charge in [-0.05, 0) is 73.7 Å². The maximum absolute atomic E-state index is 12.7. The van der Waals surface area contributed by atoms with Gasteiger partial charge in [0.2, 0.25) is 0 Å². The fourth-order valence-corrected chi connectivity index (χ4v) is 3.15. The van der Waals surface area contributed by atoms with Crippen LogP contribution in [0.15, 0.2) is 52.7 Å². The van der Waals surface area contributed by atoms with Gasteiger partial charge in [-0.2, -0.15) is 15.2 Å². The number of aryl methyl sites for hydroxylation is 2. The Morgan fingerprint density at radius 2 is 1.88 bits per heavy atom. The highest BCUT2D eigenvalue weighted by molar-refractivity contribution is 6.71. The molecule has 0 radical (unpaired) electrons. The molecular weight excluding hydrogens is 316 g/mol. The maximum Gasteiger partial charge on any atom is 0.301 e. The van der Waals surface area contributed by atoms with Crippen LogP contribution in [0.3, 0.4) is 0 Å². The molecule has 0 fully saturated rings. The standard InChI is InChI=1S/C19H18N4O2/c1-12-18(21-20-15-6-9-17(24)10-7-15)19(25)23(22-12)16-8-5-13-3-2-4-14(13)11-16/h5-11,20,24H,2-4H2,1H3/b21-18-. The highest BCUT2D eigenvalue weighted by atomic mass is 16.3. The number of benzene rings is 2. The predicted molar refractivity (Wildman–Crippen MR) is 98.2 cm³/mol. The Bertz CT molecular complexity index is 900. The number of hydrogen-bond donors (Lipinski definition) is 2. The second kappa shape index (κ2) is 6.05. The number of phenols is 1. The van der Waals surface area contributed by atoms with Gasteiger partial charge in [-0.1, -0.05) is 6.07 Å². The van der Waals surface area contributed by atoms with Crippen molar-refractivity contribution in [3.05, 3.63) is 53.6 Å². The molecule has 0 bridgehead atoms. The summed E-state index contributed by atoms with van der Waals surface area (Å²) in [7, 11) is 0. The number of hydrazone groups is 2. The third-order valence-corrected chi connectivity index (χ3v) is 4.48. The normalized spacial score (nSPS) is 17.8. The lowest BCUT2D eigenvalue weighted by Gasteiger charge is -2.13. The first kappa shape index (κ1) is 15.4. The van der Waals surface area contributed by atoms with Crippen LogP contribution in [0.4, 0.5) is 11.4 Å². The summed E-state index contributed by atoms with van der Waals surface area (Å²) in [6, 6.07) is 12.5. The molecule has 6 heteroatoms. The average Bonchev–Trinajstić information content (AvgIpc) is 3.19. The smallest absolute Gasteiger partial charge is 0.301 e. The zero-order valence-electron chi connectivity index (χ0n) is 13.9. The molecular formula is C19H18N4O2. The van der Waals surface area contributed by atoms with Gasteiger partial charge in [-0.15, -0.1) is 0 Å². The first-order valence-corrected chi connectivity index (χ1v) is 8.26. The molecule has 1 aliphatic heterocycles. The molecule has 25 heavy (non-hydrogen) atoms. The number of hydrogen-bond acceptors (Lipinski definition) is 5. The van der Waals surface area contributed by atoms with Gasteiger partial charge in [0.05, 0.1) is 17.1 Å². The molecule has 0 spiro atoms. The van der Waals surface area contributed by atoms with Crippen LogP contribution < -0.4 is 10.4 Å². The van der Waals surface area contributed by atoms with Crippen LogP contribution in [0.1, 0.15) is 24.5 Å². The van der Waals surface area contributed by atoms with E-state index in [1.54, 1.807) is 31.2 Å². The van der Waals surface area contributed by atoms with Crippen molar-refractivity contribution < 1.29 is 9.90 Å². The van der Waals surface area contributed by atoms with Crippen LogP contribution in [0.5, 0.6) is 5.75 Å². The van der Waals surface area contributed by atoms with E-state index in [-0.39, 0.29) is 17.4 Å². The second-order valence-electron chi connectivity index (χ2n) is 6.23. The van der Waals surface area contributed by atoms with E-state index in [0.29, 0.717) is 11.4 Å². The number of fused-ring (bicyclic) bond motifs is 1. The summed E-state index contributed by atoms with van der Waals surface area (Å²) in [5, 5.41) is 19.3. The summed E-state index contributed by atoms with van der Waals surface area (Å²) >= 11 is 0. The molecule has 126 valence electrons. The summed E-state index contributed by atoms with van der Waals surface area (Å²) in [6.45, 7) is 1.77. The third kappa shape index (κ3) is 2.87. The number of anilines is 2. The van der Waals surface area contributed by atoms with Crippen molar-refractivity contribution in [2.75, 3.05) is 10.4 Å². The third-order valence-electron chi connectivity index (χ3n) is 4.48. The van der Waals surface area contributed by atoms with Gasteiger partial charge in [0.1, 0.15) is 5.75 Å². The lowest BCUT2D eigenvalue weighted by atomic mass is 10.1. The molecule has 0 saturated carbocycles. The average molecular weight is 334 g/mol. The molecule has 1 aliphatic carbocycles. The van der Waals surface area contributed by atoms with E-state index in [1.807, 2.05) is 12.1 Å². The van der Waals surface area contributed by atoms with E-state index in [9.17, 15) is 9.90 Å². The largest absolute Gasteiger partial charge is 0.508 e. The van der Waals surface area contributed by atoms with Crippen LogP contribution in [-0.2, 0) is 17.6 Å². The molecule has 4 rings (SSSR count). The Morgan fingerprint density at radius 3 is 2.68 bits per heavy atom. The summed E-state index contributed by atoms with van der Waals surface area (Å²) in [6.07, 6.45) is 3.32. The molecule has 6 nitrogen and oxygen atoms in total. The van der Waals surface area contributed by atoms with Gasteiger partial charge in [-0.3, -0.25) is 10.2 Å². The topological polar surface area (TPSA) is 77.3 Å². The summed E-state index contributed by atoms with van der Waals surface area (Å²) in [5.74, 6) is -0.0719. The molecule has 2 aromatic carbocycles. The van der Waals surface area contributed by atoms with E-state index in [1.165, 1.54) is 16.1 Å². The minimum atomic E-state index is -0.248. The number of phenolic OH excluding ortho intramolecular Hbond substituents is 1. The molecule has 0 aromatic heterocycles. The zero-order chi connectivity index (χ0) is 17.4. The van der Waals surface area contributed by atoms with Crippen LogP contribution in [0.2, 0.25) is 0 Å². The van der Waals surface area contributed by atoms with Gasteiger partial charge in [0.15, 0.2) is 5.71 Å². The first-order valence-electron chi connectivity index (χ1n) is 8.26. The fourth-order valence-electron chi connectivity index (χ4n) is 3.15. The van der Waals surface area contributed by atoms with Gasteiger partial charge in [0.25, 0.3) is 0 Å². The Kier molecular flexibility index (Phi) is 3.72. The SMILES string of the molecule is CC1=NN(c2ccc3c(c2)CCC3)C(=O)/C1=N\Nc1ccc(O)cc1. The Balaban J connectivity index is 1.56. The van der Waals surface area contributed by atoms with Crippen molar-refractivity contribution in [2.45, 2.75) is 26.2 Å². The molecule has 0 saturated heterocycles. The minimum absolute atomic E-state index is 0.177. The maximum atomic E-state index is 12.7. The van der Waals surface area contributed by atoms with E-state index in [4.69, 9.17) is 0 Å². The molecule has 1 amide bonds. The lowest BCUT2D eigenvalue weighted by Crippen LogP contribution is -2.28. The molecule has 2 N–H and O–H groups in total. The number of nitrogens with zero attached hydrogens (tertiary/aromatic N) is 3. The van der Waals surface area contributed by atoms with Crippen molar-refractivity contribution in [1.29, 1.82) is 0 Å². The van der Waals surface area contributed by atoms with Gasteiger partial charge < -0.3 is 5.11 Å². The van der Waals surface area contributed by atoms with Crippen LogP contribution in [-0.4, -0.2) is 22.4 Å². The minimum Gasteiger partial charge on any atom is -0.508 e. The number of rotatable bonds is 3. The number of aromatic hydroxyl groups is 1. The van der Waals surface area contributed by atoms with Crippen LogP contribution in [0, 0.1) is 0 Å². The van der Waals surface area contributed by atoms with Crippen LogP contribution >= 0.6 is 0 Å². The first-order chi connectivity index (χ1) is 12.1. The Hall–Kier alpha value is -3.15. The molecule has 0 unspecified atom stereocenters. The lowest BCUT2D eigenvalue weighted by molar-refractivity contribution is -0.112. The summed E-state index contributed by atoms with van der Waals surface area (Å²) < 4.78 is 0. The van der Waals surface area contributed by atoms with E-state index in [0.717, 1.165) is 24.9 Å². The molecule has 2 aliphatic rings. The number of carbonyl (C=O) groups excluding carboxylic acids is 1. The second-order valence-corrected chi connectivity index (χ2v) is 6.23. The van der Waals surface area contributed by atoms with Gasteiger partial charge in [-0.25, -0.2) is 0 Å². The quantitative estimate of drug-likeness (QED) is 0.669.